The maximum absolute atomic E-state index is 12.5. The highest BCUT2D eigenvalue weighted by molar-refractivity contribution is 5.62. The zero-order valence-electron chi connectivity index (χ0n) is 19.6. The number of likely N-dealkylation sites (tertiary alicyclic amines) is 1. The van der Waals surface area contributed by atoms with Crippen LogP contribution in [0.25, 0.3) is 0 Å². The Morgan fingerprint density at radius 3 is 2.80 bits per heavy atom. The lowest BCUT2D eigenvalue weighted by Gasteiger charge is -2.64. The van der Waals surface area contributed by atoms with Crippen LogP contribution in [0.1, 0.15) is 48.8 Å². The van der Waals surface area contributed by atoms with Gasteiger partial charge in [0.15, 0.2) is 11.5 Å². The van der Waals surface area contributed by atoms with Crippen molar-refractivity contribution in [1.82, 2.24) is 4.90 Å². The van der Waals surface area contributed by atoms with Gasteiger partial charge in [-0.25, -0.2) is 0 Å². The van der Waals surface area contributed by atoms with Crippen LogP contribution in [-0.2, 0) is 23.2 Å². The summed E-state index contributed by atoms with van der Waals surface area (Å²) < 4.78 is 12.8. The largest absolute Gasteiger partial charge is 0.504 e. The molecule has 0 amide bonds. The number of benzene rings is 2. The fourth-order valence-corrected chi connectivity index (χ4v) is 7.61. The van der Waals surface area contributed by atoms with E-state index < -0.39 is 17.1 Å². The van der Waals surface area contributed by atoms with Gasteiger partial charge in [-0.2, -0.15) is 0 Å². The van der Waals surface area contributed by atoms with Gasteiger partial charge in [-0.15, -0.1) is 0 Å². The SMILES string of the molecule is O=[N+]([O-])c1ccccc1CO[C@@H]1CC[C@@]2(O)[C@H]3Cc4ccc(O)c5c4[C@@]2(CCN3CC2CC2)[C@H]1O5. The lowest BCUT2D eigenvalue weighted by atomic mass is 9.48. The molecular weight excluding hydrogens is 448 g/mol. The number of aliphatic hydroxyl groups is 1. The van der Waals surface area contributed by atoms with Crippen molar-refractivity contribution in [3.63, 3.8) is 0 Å². The summed E-state index contributed by atoms with van der Waals surface area (Å²) in [7, 11) is 0. The van der Waals surface area contributed by atoms with Gasteiger partial charge in [0.2, 0.25) is 0 Å². The molecule has 5 atom stereocenters. The molecule has 1 spiro atoms. The number of ether oxygens (including phenoxy) is 2. The molecule has 2 saturated carbocycles. The summed E-state index contributed by atoms with van der Waals surface area (Å²) in [4.78, 5) is 13.6. The Morgan fingerprint density at radius 2 is 2.00 bits per heavy atom. The molecule has 3 fully saturated rings. The lowest BCUT2D eigenvalue weighted by molar-refractivity contribution is -0.386. The molecule has 2 N–H and O–H groups in total. The van der Waals surface area contributed by atoms with Crippen LogP contribution in [0, 0.1) is 16.0 Å². The Kier molecular flexibility index (Phi) is 4.57. The van der Waals surface area contributed by atoms with Crippen molar-refractivity contribution >= 4 is 5.69 Å². The number of aromatic hydroxyl groups is 1. The number of nitro benzene ring substituents is 1. The Labute approximate surface area is 203 Å². The first-order valence-electron chi connectivity index (χ1n) is 12.7. The minimum atomic E-state index is -0.963. The Hall–Kier alpha value is -2.68. The number of nitrogens with zero attached hydrogens (tertiary/aromatic N) is 2. The van der Waals surface area contributed by atoms with Crippen molar-refractivity contribution in [2.24, 2.45) is 5.92 Å². The summed E-state index contributed by atoms with van der Waals surface area (Å²) in [5.41, 5.74) is 1.07. The molecule has 35 heavy (non-hydrogen) atoms. The number of rotatable bonds is 6. The second-order valence-corrected chi connectivity index (χ2v) is 11.1. The van der Waals surface area contributed by atoms with E-state index in [1.807, 2.05) is 6.07 Å². The van der Waals surface area contributed by atoms with Crippen molar-refractivity contribution in [2.75, 3.05) is 13.1 Å². The third-order valence-corrected chi connectivity index (χ3v) is 9.35. The van der Waals surface area contributed by atoms with E-state index in [1.54, 1.807) is 24.3 Å². The number of hydrogen-bond acceptors (Lipinski definition) is 7. The predicted molar refractivity (Wildman–Crippen MR) is 126 cm³/mol. The minimum Gasteiger partial charge on any atom is -0.504 e. The molecule has 2 bridgehead atoms. The second kappa shape index (κ2) is 7.41. The monoisotopic (exact) mass is 478 g/mol. The molecule has 0 aromatic heterocycles. The highest BCUT2D eigenvalue weighted by atomic mass is 16.6. The van der Waals surface area contributed by atoms with E-state index in [9.17, 15) is 20.3 Å². The van der Waals surface area contributed by atoms with Crippen LogP contribution < -0.4 is 4.74 Å². The second-order valence-electron chi connectivity index (χ2n) is 11.1. The van der Waals surface area contributed by atoms with Crippen molar-refractivity contribution in [3.05, 3.63) is 63.2 Å². The minimum absolute atomic E-state index is 0.0158. The molecule has 0 radical (unpaired) electrons. The molecule has 1 saturated heterocycles. The fraction of sp³-hybridized carbons (Fsp3) is 0.556. The summed E-state index contributed by atoms with van der Waals surface area (Å²) in [6.07, 6.45) is 4.43. The predicted octanol–water partition coefficient (Wildman–Crippen LogP) is 3.45. The average molecular weight is 479 g/mol. The summed E-state index contributed by atoms with van der Waals surface area (Å²) >= 11 is 0. The summed E-state index contributed by atoms with van der Waals surface area (Å²) in [5.74, 6) is 1.33. The van der Waals surface area contributed by atoms with Crippen LogP contribution in [0.15, 0.2) is 36.4 Å². The molecule has 184 valence electrons. The Bertz CT molecular complexity index is 1210. The van der Waals surface area contributed by atoms with E-state index in [1.165, 1.54) is 18.9 Å². The normalized spacial score (nSPS) is 34.8. The van der Waals surface area contributed by atoms with Gasteiger partial charge in [0, 0.05) is 24.2 Å². The molecule has 2 aromatic rings. The van der Waals surface area contributed by atoms with Crippen molar-refractivity contribution < 1.29 is 24.6 Å². The maximum atomic E-state index is 12.5. The maximum Gasteiger partial charge on any atom is 0.274 e. The lowest BCUT2D eigenvalue weighted by Crippen LogP contribution is -2.77. The zero-order valence-corrected chi connectivity index (χ0v) is 19.6. The van der Waals surface area contributed by atoms with Gasteiger partial charge >= 0.3 is 0 Å². The molecular formula is C27H30N2O6. The number of phenols is 1. The molecule has 8 heteroatoms. The van der Waals surface area contributed by atoms with Gasteiger partial charge in [-0.05, 0) is 68.7 Å². The summed E-state index contributed by atoms with van der Waals surface area (Å²) in [6.45, 7) is 2.02. The summed E-state index contributed by atoms with van der Waals surface area (Å²) in [5, 5.41) is 34.7. The number of hydrogen-bond donors (Lipinski definition) is 2. The number of piperidine rings is 1. The van der Waals surface area contributed by atoms with Crippen molar-refractivity contribution in [3.8, 4) is 11.5 Å². The first kappa shape index (κ1) is 21.6. The molecule has 7 rings (SSSR count). The number of phenolic OH excluding ortho intramolecular Hbond substituents is 1. The van der Waals surface area contributed by atoms with Crippen LogP contribution in [0.2, 0.25) is 0 Å². The number of nitro groups is 1. The highest BCUT2D eigenvalue weighted by Gasteiger charge is 2.73. The van der Waals surface area contributed by atoms with E-state index in [4.69, 9.17) is 9.47 Å². The Morgan fingerprint density at radius 1 is 1.17 bits per heavy atom. The summed E-state index contributed by atoms with van der Waals surface area (Å²) in [6, 6.07) is 10.4. The van der Waals surface area contributed by atoms with Crippen molar-refractivity contribution in [1.29, 1.82) is 0 Å². The van der Waals surface area contributed by atoms with Crippen LogP contribution in [0.3, 0.4) is 0 Å². The van der Waals surface area contributed by atoms with Gasteiger partial charge in [-0.1, -0.05) is 18.2 Å². The molecule has 0 unspecified atom stereocenters. The Balaban J connectivity index is 1.26. The topological polar surface area (TPSA) is 105 Å². The smallest absolute Gasteiger partial charge is 0.274 e. The fourth-order valence-electron chi connectivity index (χ4n) is 7.61. The van der Waals surface area contributed by atoms with E-state index in [0.29, 0.717) is 24.2 Å². The third-order valence-electron chi connectivity index (χ3n) is 9.35. The van der Waals surface area contributed by atoms with Crippen molar-refractivity contribution in [2.45, 2.75) is 74.4 Å². The standard InChI is InChI=1S/C27H30N2O6/c30-20-8-7-17-13-22-27(31)10-9-21(34-15-18-3-1-2-4-19(18)29(32)33)25-26(27,23(17)24(20)35-25)11-12-28(22)14-16-5-6-16/h1-4,7-8,16,21-22,25,30-31H,5-6,9-15H2/t21-,22-,25+,26+,27-/m1/s1. The van der Waals surface area contributed by atoms with Crippen LogP contribution >= 0.6 is 0 Å². The van der Waals surface area contributed by atoms with Gasteiger partial charge in [0.25, 0.3) is 5.69 Å². The van der Waals surface area contributed by atoms with Crippen LogP contribution in [0.5, 0.6) is 11.5 Å². The van der Waals surface area contributed by atoms with E-state index in [-0.39, 0.29) is 35.1 Å². The number of para-hydroxylation sites is 1. The molecule has 2 aromatic carbocycles. The van der Waals surface area contributed by atoms with Gasteiger partial charge in [-0.3, -0.25) is 15.0 Å². The van der Waals surface area contributed by atoms with Gasteiger partial charge in [0.1, 0.15) is 6.10 Å². The quantitative estimate of drug-likeness (QED) is 0.484. The molecule has 5 aliphatic rings. The van der Waals surface area contributed by atoms with Crippen LogP contribution in [0.4, 0.5) is 5.69 Å². The van der Waals surface area contributed by atoms with Crippen LogP contribution in [-0.4, -0.2) is 57.0 Å². The molecule has 2 heterocycles. The van der Waals surface area contributed by atoms with Gasteiger partial charge in [0.05, 0.1) is 34.2 Å². The first-order valence-corrected chi connectivity index (χ1v) is 12.7. The van der Waals surface area contributed by atoms with E-state index in [0.717, 1.165) is 43.0 Å². The highest BCUT2D eigenvalue weighted by Crippen LogP contribution is 2.65. The molecule has 3 aliphatic carbocycles. The van der Waals surface area contributed by atoms with E-state index >= 15 is 0 Å². The third kappa shape index (κ3) is 2.90. The molecule has 2 aliphatic heterocycles. The average Bonchev–Trinajstić information content (AvgIpc) is 3.59. The first-order chi connectivity index (χ1) is 16.9. The van der Waals surface area contributed by atoms with E-state index in [2.05, 4.69) is 4.90 Å². The molecule has 8 nitrogen and oxygen atoms in total. The zero-order chi connectivity index (χ0) is 23.9. The van der Waals surface area contributed by atoms with Gasteiger partial charge < -0.3 is 19.7 Å².